The van der Waals surface area contributed by atoms with E-state index < -0.39 is 0 Å². The van der Waals surface area contributed by atoms with E-state index >= 15 is 0 Å². The highest BCUT2D eigenvalue weighted by atomic mass is 16.3. The van der Waals surface area contributed by atoms with Crippen LogP contribution in [0.4, 0.5) is 5.95 Å². The van der Waals surface area contributed by atoms with Gasteiger partial charge in [-0.25, -0.2) is 14.5 Å². The van der Waals surface area contributed by atoms with Gasteiger partial charge in [0, 0.05) is 30.2 Å². The van der Waals surface area contributed by atoms with Crippen molar-refractivity contribution in [3.8, 4) is 11.3 Å². The Balaban J connectivity index is 1.35. The van der Waals surface area contributed by atoms with Crippen LogP contribution in [-0.2, 0) is 0 Å². The fraction of sp³-hybridized carbons (Fsp3) is 0.269. The zero-order chi connectivity index (χ0) is 23.9. The summed E-state index contributed by atoms with van der Waals surface area (Å²) in [5, 5.41) is 17.4. The number of anilines is 1. The van der Waals surface area contributed by atoms with Gasteiger partial charge in [0.05, 0.1) is 34.6 Å². The van der Waals surface area contributed by atoms with Gasteiger partial charge in [-0.2, -0.15) is 5.10 Å². The van der Waals surface area contributed by atoms with Gasteiger partial charge in [-0.3, -0.25) is 15.1 Å². The molecule has 9 nitrogen and oxygen atoms in total. The van der Waals surface area contributed by atoms with Gasteiger partial charge in [0.2, 0.25) is 5.95 Å². The molecule has 4 heterocycles. The monoisotopic (exact) mass is 467 g/mol. The lowest BCUT2D eigenvalue weighted by Gasteiger charge is -2.28. The predicted octanol–water partition coefficient (Wildman–Crippen LogP) is 4.18. The Hall–Kier alpha value is -4.11. The minimum absolute atomic E-state index is 0.166. The molecule has 1 fully saturated rings. The van der Waals surface area contributed by atoms with Gasteiger partial charge in [0.15, 0.2) is 5.65 Å². The van der Waals surface area contributed by atoms with Gasteiger partial charge >= 0.3 is 0 Å². The molecule has 1 aromatic carbocycles. The van der Waals surface area contributed by atoms with Crippen molar-refractivity contribution in [3.05, 3.63) is 72.3 Å². The fourth-order valence-electron chi connectivity index (χ4n) is 4.88. The molecule has 4 aromatic heterocycles. The number of carbonyl (C=O) groups excluding carboxylic acids is 1. The van der Waals surface area contributed by atoms with Crippen molar-refractivity contribution in [1.29, 1.82) is 0 Å². The Morgan fingerprint density at radius 1 is 1.09 bits per heavy atom. The number of hydrogen-bond acceptors (Lipinski definition) is 6. The van der Waals surface area contributed by atoms with Crippen LogP contribution in [0.2, 0.25) is 0 Å². The topological polar surface area (TPSA) is 110 Å². The summed E-state index contributed by atoms with van der Waals surface area (Å²) in [6, 6.07) is 11.5. The summed E-state index contributed by atoms with van der Waals surface area (Å²) >= 11 is 0. The van der Waals surface area contributed by atoms with Crippen LogP contribution >= 0.6 is 0 Å². The average Bonchev–Trinajstić information content (AvgIpc) is 3.45. The second kappa shape index (κ2) is 8.59. The summed E-state index contributed by atoms with van der Waals surface area (Å²) < 4.78 is 3.80. The third-order valence-corrected chi connectivity index (χ3v) is 6.68. The standard InChI is InChI=1S/C26H25N7O2/c1-16-3-8-23-22(13-16)30-26(33(23)18-4-6-19(34)7-5-18)31-25(35)17-9-11-27-21(14-17)20-15-29-32-12-2-10-28-24(20)32/h2-3,8-15,18-19,34H,4-7H2,1H3,(H,30,31,35). The predicted molar refractivity (Wildman–Crippen MR) is 132 cm³/mol. The van der Waals surface area contributed by atoms with E-state index in [-0.39, 0.29) is 18.1 Å². The minimum atomic E-state index is -0.262. The lowest BCUT2D eigenvalue weighted by atomic mass is 9.93. The Morgan fingerprint density at radius 3 is 2.80 bits per heavy atom. The number of carbonyl (C=O) groups is 1. The van der Waals surface area contributed by atoms with E-state index in [1.165, 1.54) is 0 Å². The first-order valence-electron chi connectivity index (χ1n) is 11.8. The number of benzene rings is 1. The first-order valence-corrected chi connectivity index (χ1v) is 11.8. The van der Waals surface area contributed by atoms with E-state index in [2.05, 4.69) is 37.1 Å². The van der Waals surface area contributed by atoms with E-state index in [4.69, 9.17) is 4.98 Å². The SMILES string of the molecule is Cc1ccc2c(c1)nc(NC(=O)c1ccnc(-c3cnn4cccnc34)c1)n2C1CCC(O)CC1. The van der Waals surface area contributed by atoms with Gasteiger partial charge in [-0.1, -0.05) is 6.07 Å². The third kappa shape index (κ3) is 3.93. The second-order valence-corrected chi connectivity index (χ2v) is 9.09. The van der Waals surface area contributed by atoms with Crippen molar-refractivity contribution in [2.45, 2.75) is 44.8 Å². The Kier molecular flexibility index (Phi) is 5.26. The maximum absolute atomic E-state index is 13.4. The van der Waals surface area contributed by atoms with Crippen molar-refractivity contribution >= 4 is 28.5 Å². The van der Waals surface area contributed by atoms with Crippen LogP contribution in [0.1, 0.15) is 47.6 Å². The molecule has 176 valence electrons. The zero-order valence-electron chi connectivity index (χ0n) is 19.3. The van der Waals surface area contributed by atoms with Crippen LogP contribution in [-0.4, -0.2) is 46.3 Å². The lowest BCUT2D eigenvalue weighted by Crippen LogP contribution is -2.23. The molecule has 1 saturated carbocycles. The average molecular weight is 468 g/mol. The number of imidazole rings is 1. The van der Waals surface area contributed by atoms with Gasteiger partial charge < -0.3 is 9.67 Å². The molecule has 35 heavy (non-hydrogen) atoms. The molecule has 1 amide bonds. The quantitative estimate of drug-likeness (QED) is 0.410. The highest BCUT2D eigenvalue weighted by molar-refractivity contribution is 6.04. The number of amides is 1. The number of aliphatic hydroxyl groups is 1. The third-order valence-electron chi connectivity index (χ3n) is 6.68. The zero-order valence-corrected chi connectivity index (χ0v) is 19.3. The first kappa shape index (κ1) is 21.4. The number of nitrogens with one attached hydrogen (secondary N) is 1. The molecule has 0 atom stereocenters. The van der Waals surface area contributed by atoms with Crippen molar-refractivity contribution in [1.82, 2.24) is 29.1 Å². The molecule has 5 aromatic rings. The van der Waals surface area contributed by atoms with Gasteiger partial charge in [0.1, 0.15) is 0 Å². The number of rotatable bonds is 4. The fourth-order valence-corrected chi connectivity index (χ4v) is 4.88. The highest BCUT2D eigenvalue weighted by Gasteiger charge is 2.26. The molecular weight excluding hydrogens is 442 g/mol. The second-order valence-electron chi connectivity index (χ2n) is 9.09. The van der Waals surface area contributed by atoms with Crippen LogP contribution < -0.4 is 5.32 Å². The molecule has 2 N–H and O–H groups in total. The molecule has 1 aliphatic carbocycles. The van der Waals surface area contributed by atoms with Crippen LogP contribution in [0, 0.1) is 6.92 Å². The number of aliphatic hydroxyl groups excluding tert-OH is 1. The smallest absolute Gasteiger partial charge is 0.258 e. The van der Waals surface area contributed by atoms with Crippen molar-refractivity contribution in [2.24, 2.45) is 0 Å². The Morgan fingerprint density at radius 2 is 1.94 bits per heavy atom. The van der Waals surface area contributed by atoms with Crippen LogP contribution in [0.5, 0.6) is 0 Å². The number of nitrogens with zero attached hydrogens (tertiary/aromatic N) is 6. The molecule has 0 bridgehead atoms. The summed E-state index contributed by atoms with van der Waals surface area (Å²) in [6.45, 7) is 2.03. The minimum Gasteiger partial charge on any atom is -0.393 e. The largest absolute Gasteiger partial charge is 0.393 e. The van der Waals surface area contributed by atoms with Gasteiger partial charge in [-0.15, -0.1) is 0 Å². The highest BCUT2D eigenvalue weighted by Crippen LogP contribution is 2.35. The molecular formula is C26H25N7O2. The van der Waals surface area contributed by atoms with Crippen LogP contribution in [0.25, 0.3) is 27.9 Å². The number of pyridine rings is 1. The van der Waals surface area contributed by atoms with Crippen molar-refractivity contribution < 1.29 is 9.90 Å². The number of fused-ring (bicyclic) bond motifs is 2. The summed E-state index contributed by atoms with van der Waals surface area (Å²) in [7, 11) is 0. The molecule has 0 radical (unpaired) electrons. The first-order chi connectivity index (χ1) is 17.1. The van der Waals surface area contributed by atoms with Crippen molar-refractivity contribution in [2.75, 3.05) is 5.32 Å². The Bertz CT molecular complexity index is 1550. The number of aryl methyl sites for hydroxylation is 1. The maximum atomic E-state index is 13.4. The Labute approximate surface area is 201 Å². The van der Waals surface area contributed by atoms with Gasteiger partial charge in [-0.05, 0) is 68.5 Å². The van der Waals surface area contributed by atoms with Crippen molar-refractivity contribution in [3.63, 3.8) is 0 Å². The number of hydrogen-bond donors (Lipinski definition) is 2. The summed E-state index contributed by atoms with van der Waals surface area (Å²) in [5.74, 6) is 0.259. The normalized spacial score (nSPS) is 18.2. The summed E-state index contributed by atoms with van der Waals surface area (Å²) in [5.41, 5.74) is 5.47. The summed E-state index contributed by atoms with van der Waals surface area (Å²) in [6.07, 6.45) is 9.74. The molecule has 6 rings (SSSR count). The van der Waals surface area contributed by atoms with Crippen LogP contribution in [0.3, 0.4) is 0 Å². The summed E-state index contributed by atoms with van der Waals surface area (Å²) in [4.78, 5) is 27.0. The molecule has 9 heteroatoms. The molecule has 0 saturated heterocycles. The molecule has 1 aliphatic rings. The van der Waals surface area contributed by atoms with E-state index in [9.17, 15) is 9.90 Å². The molecule has 0 unspecified atom stereocenters. The van der Waals surface area contributed by atoms with E-state index in [1.54, 1.807) is 35.2 Å². The number of aromatic nitrogens is 6. The molecule has 0 aliphatic heterocycles. The van der Waals surface area contributed by atoms with Gasteiger partial charge in [0.25, 0.3) is 5.91 Å². The van der Waals surface area contributed by atoms with E-state index in [1.807, 2.05) is 25.3 Å². The lowest BCUT2D eigenvalue weighted by molar-refractivity contribution is 0.102. The molecule has 0 spiro atoms. The van der Waals surface area contributed by atoms with Crippen LogP contribution in [0.15, 0.2) is 61.2 Å². The maximum Gasteiger partial charge on any atom is 0.258 e. The van der Waals surface area contributed by atoms with E-state index in [0.29, 0.717) is 22.9 Å². The van der Waals surface area contributed by atoms with E-state index in [0.717, 1.165) is 47.8 Å².